The van der Waals surface area contributed by atoms with Crippen LogP contribution in [-0.4, -0.2) is 62.6 Å². The predicted molar refractivity (Wildman–Crippen MR) is 102 cm³/mol. The van der Waals surface area contributed by atoms with Crippen LogP contribution in [0, 0.1) is 0 Å². The summed E-state index contributed by atoms with van der Waals surface area (Å²) in [5.74, 6) is -3.08. The smallest absolute Gasteiger partial charge is 0.406 e. The van der Waals surface area contributed by atoms with Gasteiger partial charge in [0.2, 0.25) is 0 Å². The summed E-state index contributed by atoms with van der Waals surface area (Å²) in [7, 11) is 0. The lowest BCUT2D eigenvalue weighted by Gasteiger charge is -2.32. The Morgan fingerprint density at radius 3 is 2.33 bits per heavy atom. The standard InChI is InChI=1S/C18H16F3N7O5/c19-18(20,21)33-10-3-1-8(2-4-10)27-16(31)11-7-9(5-6-26(11)17(27)32)28-13(15(23)30)12(14(22)29)24-25-28/h1-4,9,11H,5-7H2,(H2,22,29)(H2,23,30). The number of primary amides is 2. The molecule has 3 heterocycles. The third kappa shape index (κ3) is 3.92. The quantitative estimate of drug-likeness (QED) is 0.606. The number of nitrogens with two attached hydrogens (primary N) is 2. The van der Waals surface area contributed by atoms with E-state index in [1.54, 1.807) is 0 Å². The molecule has 0 saturated carbocycles. The highest BCUT2D eigenvalue weighted by molar-refractivity contribution is 6.21. The van der Waals surface area contributed by atoms with Crippen molar-refractivity contribution in [1.29, 1.82) is 0 Å². The van der Waals surface area contributed by atoms with Gasteiger partial charge in [0.05, 0.1) is 11.7 Å². The van der Waals surface area contributed by atoms with Gasteiger partial charge < -0.3 is 21.1 Å². The number of carbonyl (C=O) groups is 4. The first-order valence-corrected chi connectivity index (χ1v) is 9.53. The highest BCUT2D eigenvalue weighted by Crippen LogP contribution is 2.36. The topological polar surface area (TPSA) is 167 Å². The fourth-order valence-electron chi connectivity index (χ4n) is 3.98. The molecule has 1 aromatic heterocycles. The van der Waals surface area contributed by atoms with Crippen molar-refractivity contribution in [1.82, 2.24) is 19.9 Å². The zero-order valence-electron chi connectivity index (χ0n) is 16.7. The molecule has 2 saturated heterocycles. The molecule has 0 aliphatic carbocycles. The third-order valence-electron chi connectivity index (χ3n) is 5.35. The molecule has 2 aromatic rings. The average molecular weight is 467 g/mol. The van der Waals surface area contributed by atoms with Crippen LogP contribution >= 0.6 is 0 Å². The minimum Gasteiger partial charge on any atom is -0.406 e. The van der Waals surface area contributed by atoms with Gasteiger partial charge in [0.25, 0.3) is 17.7 Å². The lowest BCUT2D eigenvalue weighted by atomic mass is 9.97. The molecule has 0 spiro atoms. The summed E-state index contributed by atoms with van der Waals surface area (Å²) in [5, 5.41) is 7.38. The number of urea groups is 1. The molecule has 2 fully saturated rings. The first-order chi connectivity index (χ1) is 15.5. The number of carbonyl (C=O) groups excluding carboxylic acids is 4. The lowest BCUT2D eigenvalue weighted by Crippen LogP contribution is -2.43. The van der Waals surface area contributed by atoms with Crippen molar-refractivity contribution in [3.8, 4) is 5.75 Å². The van der Waals surface area contributed by atoms with Gasteiger partial charge >= 0.3 is 12.4 Å². The second-order valence-corrected chi connectivity index (χ2v) is 7.35. The van der Waals surface area contributed by atoms with Crippen LogP contribution in [0.2, 0.25) is 0 Å². The maximum atomic E-state index is 13.0. The molecule has 174 valence electrons. The second kappa shape index (κ2) is 7.75. The first-order valence-electron chi connectivity index (χ1n) is 9.53. The number of nitrogens with zero attached hydrogens (tertiary/aromatic N) is 5. The van der Waals surface area contributed by atoms with E-state index in [2.05, 4.69) is 15.0 Å². The van der Waals surface area contributed by atoms with E-state index in [-0.39, 0.29) is 30.8 Å². The summed E-state index contributed by atoms with van der Waals surface area (Å²) >= 11 is 0. The second-order valence-electron chi connectivity index (χ2n) is 7.35. The number of hydrogen-bond acceptors (Lipinski definition) is 7. The van der Waals surface area contributed by atoms with E-state index in [1.807, 2.05) is 0 Å². The van der Waals surface area contributed by atoms with Gasteiger partial charge in [-0.1, -0.05) is 5.21 Å². The molecule has 12 nitrogen and oxygen atoms in total. The van der Waals surface area contributed by atoms with Gasteiger partial charge in [0, 0.05) is 6.54 Å². The Kier molecular flexibility index (Phi) is 5.18. The molecule has 2 aliphatic rings. The predicted octanol–water partition coefficient (Wildman–Crippen LogP) is 0.547. The highest BCUT2D eigenvalue weighted by atomic mass is 19.4. The minimum absolute atomic E-state index is 0.0399. The molecule has 2 atom stereocenters. The number of amides is 5. The lowest BCUT2D eigenvalue weighted by molar-refractivity contribution is -0.274. The Hall–Kier alpha value is -4.17. The van der Waals surface area contributed by atoms with E-state index in [0.717, 1.165) is 33.8 Å². The highest BCUT2D eigenvalue weighted by Gasteiger charge is 2.49. The molecule has 15 heteroatoms. The van der Waals surface area contributed by atoms with E-state index >= 15 is 0 Å². The van der Waals surface area contributed by atoms with Gasteiger partial charge in [-0.05, 0) is 37.1 Å². The Bertz CT molecular complexity index is 1150. The molecule has 2 aliphatic heterocycles. The van der Waals surface area contributed by atoms with Gasteiger partial charge in [-0.15, -0.1) is 18.3 Å². The van der Waals surface area contributed by atoms with Gasteiger partial charge in [-0.3, -0.25) is 14.4 Å². The molecule has 33 heavy (non-hydrogen) atoms. The summed E-state index contributed by atoms with van der Waals surface area (Å²) in [5.41, 5.74) is 9.91. The summed E-state index contributed by atoms with van der Waals surface area (Å²) in [4.78, 5) is 51.4. The van der Waals surface area contributed by atoms with E-state index in [9.17, 15) is 32.3 Å². The van der Waals surface area contributed by atoms with Crippen LogP contribution in [-0.2, 0) is 4.79 Å². The SMILES string of the molecule is NC(=O)c1nnn(C2CCN3C(=O)N(c4ccc(OC(F)(F)F)cc4)C(=O)C3C2)c1C(N)=O. The number of rotatable bonds is 5. The third-order valence-corrected chi connectivity index (χ3v) is 5.35. The molecule has 0 bridgehead atoms. The maximum Gasteiger partial charge on any atom is 0.573 e. The number of fused-ring (bicyclic) bond motifs is 1. The van der Waals surface area contributed by atoms with Crippen molar-refractivity contribution >= 4 is 29.4 Å². The fourth-order valence-corrected chi connectivity index (χ4v) is 3.98. The summed E-state index contributed by atoms with van der Waals surface area (Å²) in [6, 6.07) is 2.15. The molecule has 0 radical (unpaired) electrons. The number of halogens is 3. The molecular formula is C18H16F3N7O5. The number of imide groups is 1. The molecule has 4 N–H and O–H groups in total. The van der Waals surface area contributed by atoms with Crippen molar-refractivity contribution in [2.24, 2.45) is 11.5 Å². The van der Waals surface area contributed by atoms with Crippen LogP contribution in [0.5, 0.6) is 5.75 Å². The molecular weight excluding hydrogens is 451 g/mol. The summed E-state index contributed by atoms with van der Waals surface area (Å²) < 4.78 is 42.0. The molecule has 1 aromatic carbocycles. The Morgan fingerprint density at radius 2 is 1.76 bits per heavy atom. The van der Waals surface area contributed by atoms with Crippen molar-refractivity contribution in [2.45, 2.75) is 31.3 Å². The van der Waals surface area contributed by atoms with Crippen LogP contribution in [0.1, 0.15) is 39.9 Å². The zero-order chi connectivity index (χ0) is 24.1. The zero-order valence-corrected chi connectivity index (χ0v) is 16.7. The van der Waals surface area contributed by atoms with Crippen LogP contribution in [0.4, 0.5) is 23.7 Å². The maximum absolute atomic E-state index is 13.0. The minimum atomic E-state index is -4.88. The summed E-state index contributed by atoms with van der Waals surface area (Å²) in [6.45, 7) is 0.107. The van der Waals surface area contributed by atoms with E-state index in [1.165, 1.54) is 4.90 Å². The monoisotopic (exact) mass is 467 g/mol. The Morgan fingerprint density at radius 1 is 1.09 bits per heavy atom. The van der Waals surface area contributed by atoms with Crippen LogP contribution in [0.15, 0.2) is 24.3 Å². The van der Waals surface area contributed by atoms with Crippen molar-refractivity contribution in [2.75, 3.05) is 11.4 Å². The molecule has 5 amide bonds. The summed E-state index contributed by atoms with van der Waals surface area (Å²) in [6.07, 6.45) is -4.57. The number of benzene rings is 1. The number of piperidine rings is 1. The molecule has 2 unspecified atom stereocenters. The van der Waals surface area contributed by atoms with E-state index in [0.29, 0.717) is 0 Å². The van der Waals surface area contributed by atoms with Crippen LogP contribution in [0.3, 0.4) is 0 Å². The number of alkyl halides is 3. The van der Waals surface area contributed by atoms with E-state index in [4.69, 9.17) is 11.5 Å². The van der Waals surface area contributed by atoms with Gasteiger partial charge in [-0.25, -0.2) is 14.4 Å². The normalized spacial score (nSPS) is 20.7. The van der Waals surface area contributed by atoms with Crippen LogP contribution in [0.25, 0.3) is 0 Å². The first kappa shape index (κ1) is 22.0. The number of aromatic nitrogens is 3. The van der Waals surface area contributed by atoms with E-state index < -0.39 is 53.6 Å². The molecule has 4 rings (SSSR count). The number of anilines is 1. The number of hydrogen-bond donors (Lipinski definition) is 2. The van der Waals surface area contributed by atoms with Gasteiger partial charge in [0.15, 0.2) is 11.4 Å². The number of ether oxygens (including phenoxy) is 1. The Balaban J connectivity index is 1.57. The largest absolute Gasteiger partial charge is 0.573 e. The van der Waals surface area contributed by atoms with Crippen molar-refractivity contribution in [3.05, 3.63) is 35.7 Å². The fraction of sp³-hybridized carbons (Fsp3) is 0.333. The van der Waals surface area contributed by atoms with Crippen molar-refractivity contribution in [3.63, 3.8) is 0 Å². The Labute approximate surface area is 182 Å². The van der Waals surface area contributed by atoms with Gasteiger partial charge in [-0.2, -0.15) is 0 Å². The van der Waals surface area contributed by atoms with Crippen molar-refractivity contribution < 1.29 is 37.1 Å². The van der Waals surface area contributed by atoms with Crippen LogP contribution < -0.4 is 21.1 Å². The van der Waals surface area contributed by atoms with Gasteiger partial charge in [0.1, 0.15) is 11.8 Å². The average Bonchev–Trinajstić information content (AvgIpc) is 3.28.